The van der Waals surface area contributed by atoms with Crippen LogP contribution in [0.3, 0.4) is 0 Å². The topological polar surface area (TPSA) is 44.8 Å². The van der Waals surface area contributed by atoms with E-state index >= 15 is 0 Å². The normalized spacial score (nSPS) is 19.4. The summed E-state index contributed by atoms with van der Waals surface area (Å²) in [4.78, 5) is 11.4. The van der Waals surface area contributed by atoms with Gasteiger partial charge in [-0.25, -0.2) is 0 Å². The molecule has 0 aromatic heterocycles. The van der Waals surface area contributed by atoms with E-state index in [0.717, 1.165) is 16.9 Å². The highest BCUT2D eigenvalue weighted by Gasteiger charge is 2.34. The summed E-state index contributed by atoms with van der Waals surface area (Å²) in [6.45, 7) is 1.95. The molecule has 3 rings (SSSR count). The Morgan fingerprint density at radius 2 is 1.80 bits per heavy atom. The Labute approximate surface area is 148 Å². The Morgan fingerprint density at radius 3 is 2.44 bits per heavy atom. The van der Waals surface area contributed by atoms with Gasteiger partial charge in [-0.05, 0) is 35.8 Å². The summed E-state index contributed by atoms with van der Waals surface area (Å²) in [5, 5.41) is 0. The van der Waals surface area contributed by atoms with E-state index < -0.39 is 0 Å². The molecule has 4 heteroatoms. The van der Waals surface area contributed by atoms with Crippen molar-refractivity contribution in [1.82, 2.24) is 0 Å². The molecule has 0 aliphatic heterocycles. The second-order valence-corrected chi connectivity index (χ2v) is 6.02. The van der Waals surface area contributed by atoms with Gasteiger partial charge in [0.25, 0.3) is 0 Å². The maximum atomic E-state index is 11.4. The molecule has 0 amide bonds. The van der Waals surface area contributed by atoms with E-state index in [1.54, 1.807) is 7.11 Å². The summed E-state index contributed by atoms with van der Waals surface area (Å²) in [6, 6.07) is 17.9. The van der Waals surface area contributed by atoms with Crippen LogP contribution >= 0.6 is 0 Å². The van der Waals surface area contributed by atoms with Crippen LogP contribution in [-0.4, -0.2) is 19.2 Å². The van der Waals surface area contributed by atoms with Crippen molar-refractivity contribution in [3.8, 4) is 5.75 Å². The summed E-state index contributed by atoms with van der Waals surface area (Å²) in [6.07, 6.45) is 2.60. The van der Waals surface area contributed by atoms with Crippen LogP contribution in [0.15, 0.2) is 66.4 Å². The smallest absolute Gasteiger partial charge is 0.307 e. The molecule has 0 fully saturated rings. The second kappa shape index (κ2) is 7.99. The molecular weight excluding hydrogens is 316 g/mol. The third-order valence-corrected chi connectivity index (χ3v) is 4.27. The Kier molecular flexibility index (Phi) is 5.51. The standard InChI is InChI=1S/C21H22O4/c1-15(22)25-20-13-12-19(24-14-16-6-4-3-5-7-16)21(20)17-8-10-18(23-2)11-9-17/h3-11,13,19,21H,12,14H2,1-2H3/t19-,21+/m1/s1. The van der Waals surface area contributed by atoms with E-state index in [-0.39, 0.29) is 18.0 Å². The summed E-state index contributed by atoms with van der Waals surface area (Å²) in [5.74, 6) is 1.05. The third-order valence-electron chi connectivity index (χ3n) is 4.27. The van der Waals surface area contributed by atoms with Crippen LogP contribution in [0.1, 0.15) is 30.4 Å². The number of hydrogen-bond acceptors (Lipinski definition) is 4. The van der Waals surface area contributed by atoms with Crippen molar-refractivity contribution in [1.29, 1.82) is 0 Å². The Morgan fingerprint density at radius 1 is 1.08 bits per heavy atom. The Hall–Kier alpha value is -2.59. The van der Waals surface area contributed by atoms with E-state index in [1.165, 1.54) is 6.92 Å². The highest BCUT2D eigenvalue weighted by molar-refractivity contribution is 5.67. The molecular formula is C21H22O4. The molecule has 0 heterocycles. The largest absolute Gasteiger partial charge is 0.497 e. The van der Waals surface area contributed by atoms with Gasteiger partial charge < -0.3 is 14.2 Å². The van der Waals surface area contributed by atoms with Gasteiger partial charge in [-0.15, -0.1) is 0 Å². The second-order valence-electron chi connectivity index (χ2n) is 6.02. The molecule has 0 N–H and O–H groups in total. The van der Waals surface area contributed by atoms with Gasteiger partial charge in [-0.2, -0.15) is 0 Å². The third kappa shape index (κ3) is 4.28. The van der Waals surface area contributed by atoms with E-state index in [4.69, 9.17) is 14.2 Å². The number of carbonyl (C=O) groups is 1. The van der Waals surface area contributed by atoms with E-state index in [9.17, 15) is 4.79 Å². The van der Waals surface area contributed by atoms with Crippen molar-refractivity contribution in [2.45, 2.75) is 32.0 Å². The highest BCUT2D eigenvalue weighted by atomic mass is 16.5. The number of benzene rings is 2. The summed E-state index contributed by atoms with van der Waals surface area (Å²) >= 11 is 0. The lowest BCUT2D eigenvalue weighted by Gasteiger charge is -2.23. The van der Waals surface area contributed by atoms with Crippen molar-refractivity contribution in [2.75, 3.05) is 7.11 Å². The van der Waals surface area contributed by atoms with Crippen molar-refractivity contribution in [3.05, 3.63) is 77.6 Å². The molecule has 2 aromatic rings. The van der Waals surface area contributed by atoms with E-state index in [2.05, 4.69) is 0 Å². The number of ether oxygens (including phenoxy) is 3. The number of carbonyl (C=O) groups excluding carboxylic acids is 1. The van der Waals surface area contributed by atoms with Gasteiger partial charge in [-0.3, -0.25) is 4.79 Å². The fourth-order valence-corrected chi connectivity index (χ4v) is 3.08. The molecule has 0 saturated heterocycles. The van der Waals surface area contributed by atoms with E-state index in [0.29, 0.717) is 18.8 Å². The molecule has 0 saturated carbocycles. The molecule has 0 radical (unpaired) electrons. The molecule has 1 aliphatic carbocycles. The van der Waals surface area contributed by atoms with Crippen LogP contribution in [-0.2, 0) is 20.9 Å². The van der Waals surface area contributed by atoms with Gasteiger partial charge >= 0.3 is 5.97 Å². The first kappa shape index (κ1) is 17.2. The molecule has 1 aliphatic rings. The van der Waals surface area contributed by atoms with Crippen molar-refractivity contribution < 1.29 is 19.0 Å². The first-order valence-electron chi connectivity index (χ1n) is 8.35. The lowest BCUT2D eigenvalue weighted by atomic mass is 9.94. The van der Waals surface area contributed by atoms with Crippen molar-refractivity contribution in [2.24, 2.45) is 0 Å². The van der Waals surface area contributed by atoms with Gasteiger partial charge in [0.2, 0.25) is 0 Å². The predicted molar refractivity (Wildman–Crippen MR) is 95.2 cm³/mol. The van der Waals surface area contributed by atoms with Crippen LogP contribution in [0.4, 0.5) is 0 Å². The minimum Gasteiger partial charge on any atom is -0.497 e. The quantitative estimate of drug-likeness (QED) is 0.740. The minimum atomic E-state index is -0.312. The van der Waals surface area contributed by atoms with Gasteiger partial charge in [0.1, 0.15) is 11.5 Å². The van der Waals surface area contributed by atoms with Crippen molar-refractivity contribution in [3.63, 3.8) is 0 Å². The molecule has 2 atom stereocenters. The summed E-state index contributed by atoms with van der Waals surface area (Å²) in [5.41, 5.74) is 2.17. The van der Waals surface area contributed by atoms with Crippen LogP contribution in [0, 0.1) is 0 Å². The number of rotatable bonds is 6. The van der Waals surface area contributed by atoms with Gasteiger partial charge in [0.15, 0.2) is 0 Å². The molecule has 2 aromatic carbocycles. The minimum absolute atomic E-state index is 0.0667. The molecule has 4 nitrogen and oxygen atoms in total. The van der Waals surface area contributed by atoms with Crippen LogP contribution in [0.25, 0.3) is 0 Å². The maximum Gasteiger partial charge on any atom is 0.307 e. The van der Waals surface area contributed by atoms with Crippen LogP contribution in [0.5, 0.6) is 5.75 Å². The zero-order valence-corrected chi connectivity index (χ0v) is 14.5. The zero-order valence-electron chi connectivity index (χ0n) is 14.5. The SMILES string of the molecule is COc1ccc([C@@H]2C(OC(C)=O)=CC[C@H]2OCc2ccccc2)cc1. The van der Waals surface area contributed by atoms with E-state index in [1.807, 2.05) is 60.7 Å². The molecule has 0 spiro atoms. The molecule has 0 bridgehead atoms. The average Bonchev–Trinajstić information content (AvgIpc) is 3.02. The predicted octanol–water partition coefficient (Wildman–Crippen LogP) is 4.21. The summed E-state index contributed by atoms with van der Waals surface area (Å²) in [7, 11) is 1.64. The van der Waals surface area contributed by atoms with Gasteiger partial charge in [0.05, 0.1) is 25.7 Å². The van der Waals surface area contributed by atoms with Crippen LogP contribution < -0.4 is 4.74 Å². The summed E-state index contributed by atoms with van der Waals surface area (Å²) < 4.78 is 16.8. The number of methoxy groups -OCH3 is 1. The fourth-order valence-electron chi connectivity index (χ4n) is 3.08. The Bertz CT molecular complexity index is 734. The highest BCUT2D eigenvalue weighted by Crippen LogP contribution is 2.39. The van der Waals surface area contributed by atoms with Gasteiger partial charge in [0, 0.05) is 6.92 Å². The Balaban J connectivity index is 1.77. The lowest BCUT2D eigenvalue weighted by molar-refractivity contribution is -0.137. The monoisotopic (exact) mass is 338 g/mol. The maximum absolute atomic E-state index is 11.4. The number of hydrogen-bond donors (Lipinski definition) is 0. The molecule has 0 unspecified atom stereocenters. The fraction of sp³-hybridized carbons (Fsp3) is 0.286. The van der Waals surface area contributed by atoms with Crippen LogP contribution in [0.2, 0.25) is 0 Å². The average molecular weight is 338 g/mol. The lowest BCUT2D eigenvalue weighted by Crippen LogP contribution is -2.20. The molecule has 130 valence electrons. The molecule has 25 heavy (non-hydrogen) atoms. The van der Waals surface area contributed by atoms with Gasteiger partial charge in [-0.1, -0.05) is 42.5 Å². The van der Waals surface area contributed by atoms with Crippen molar-refractivity contribution >= 4 is 5.97 Å². The first-order valence-corrected chi connectivity index (χ1v) is 8.35. The zero-order chi connectivity index (χ0) is 17.6. The first-order chi connectivity index (χ1) is 12.2. The number of esters is 1.